The molecule has 4 aromatic rings. The molecule has 12 heteroatoms. The van der Waals surface area contributed by atoms with Gasteiger partial charge >= 0.3 is 0 Å². The number of rotatable bonds is 14. The Balaban J connectivity index is 0.981. The summed E-state index contributed by atoms with van der Waals surface area (Å²) in [6.45, 7) is 3.64. The Morgan fingerprint density at radius 1 is 0.980 bits per heavy atom. The highest BCUT2D eigenvalue weighted by Crippen LogP contribution is 2.35. The molecule has 1 saturated carbocycles. The van der Waals surface area contributed by atoms with E-state index in [1.807, 2.05) is 50.6 Å². The Bertz CT molecular complexity index is 1700. The second-order valence-electron chi connectivity index (χ2n) is 13.5. The molecular weight excluding hydrogens is 626 g/mol. The third-order valence-electron chi connectivity index (χ3n) is 9.76. The molecule has 2 aliphatic rings. The van der Waals surface area contributed by atoms with E-state index in [0.29, 0.717) is 49.6 Å². The van der Waals surface area contributed by atoms with Gasteiger partial charge in [0.05, 0.1) is 17.9 Å². The largest absolute Gasteiger partial charge is 0.367 e. The maximum atomic E-state index is 15.4. The number of imidazole rings is 2. The summed E-state index contributed by atoms with van der Waals surface area (Å²) in [6, 6.07) is 11.4. The summed E-state index contributed by atoms with van der Waals surface area (Å²) in [5.74, 6) is 0.394. The molecule has 2 aromatic heterocycles. The van der Waals surface area contributed by atoms with Gasteiger partial charge in [0, 0.05) is 55.3 Å². The lowest BCUT2D eigenvalue weighted by atomic mass is 9.93. The zero-order chi connectivity index (χ0) is 34.5. The monoisotopic (exact) mass is 672 g/mol. The number of aromatic amines is 2. The lowest BCUT2D eigenvalue weighted by Gasteiger charge is -2.33. The normalized spacial score (nSPS) is 16.5. The van der Waals surface area contributed by atoms with Crippen molar-refractivity contribution >= 4 is 17.5 Å². The molecular formula is C37H46F2N8O2. The maximum absolute atomic E-state index is 15.4. The van der Waals surface area contributed by atoms with Crippen molar-refractivity contribution in [2.24, 2.45) is 5.92 Å². The van der Waals surface area contributed by atoms with Crippen molar-refractivity contribution in [1.29, 1.82) is 0 Å². The number of unbranched alkanes of at least 4 members (excludes halogenated alkanes) is 1. The number of hydrogen-bond acceptors (Lipinski definition) is 6. The number of anilines is 1. The fraction of sp³-hybridized carbons (Fsp3) is 0.459. The first-order chi connectivity index (χ1) is 23.7. The van der Waals surface area contributed by atoms with Gasteiger partial charge in [0.25, 0.3) is 0 Å². The number of halogens is 2. The van der Waals surface area contributed by atoms with Gasteiger partial charge in [-0.05, 0) is 77.2 Å². The van der Waals surface area contributed by atoms with E-state index in [4.69, 9.17) is 0 Å². The first-order valence-electron chi connectivity index (χ1n) is 17.3. The fourth-order valence-corrected chi connectivity index (χ4v) is 6.37. The molecule has 1 aliphatic carbocycles. The molecule has 0 spiro atoms. The summed E-state index contributed by atoms with van der Waals surface area (Å²) in [6.07, 6.45) is 8.82. The maximum Gasteiger partial charge on any atom is 0.247 e. The predicted molar refractivity (Wildman–Crippen MR) is 185 cm³/mol. The highest BCUT2D eigenvalue weighted by molar-refractivity contribution is 5.90. The van der Waals surface area contributed by atoms with E-state index < -0.39 is 17.7 Å². The molecule has 6 rings (SSSR count). The van der Waals surface area contributed by atoms with Crippen LogP contribution in [0.15, 0.2) is 54.9 Å². The topological polar surface area (TPSA) is 122 Å². The summed E-state index contributed by atoms with van der Waals surface area (Å²) < 4.78 is 30.8. The van der Waals surface area contributed by atoms with E-state index >= 15 is 8.78 Å². The van der Waals surface area contributed by atoms with E-state index in [9.17, 15) is 9.59 Å². The summed E-state index contributed by atoms with van der Waals surface area (Å²) in [5.41, 5.74) is 2.78. The molecule has 0 radical (unpaired) electrons. The van der Waals surface area contributed by atoms with E-state index in [0.717, 1.165) is 49.2 Å². The Kier molecular flexibility index (Phi) is 10.7. The van der Waals surface area contributed by atoms with Gasteiger partial charge in [-0.3, -0.25) is 14.5 Å². The van der Waals surface area contributed by atoms with Crippen LogP contribution in [-0.2, 0) is 16.0 Å². The van der Waals surface area contributed by atoms with Crippen molar-refractivity contribution in [3.63, 3.8) is 0 Å². The molecule has 4 N–H and O–H groups in total. The van der Waals surface area contributed by atoms with E-state index in [1.54, 1.807) is 11.1 Å². The minimum Gasteiger partial charge on any atom is -0.367 e. The number of nitrogens with zero attached hydrogens (tertiary/aromatic N) is 4. The first-order valence-corrected chi connectivity index (χ1v) is 17.3. The van der Waals surface area contributed by atoms with Crippen molar-refractivity contribution in [3.8, 4) is 11.3 Å². The number of aryl methyl sites for hydroxylation is 1. The third-order valence-corrected chi connectivity index (χ3v) is 9.76. The van der Waals surface area contributed by atoms with Crippen LogP contribution in [0.4, 0.5) is 14.5 Å². The average molecular weight is 673 g/mol. The Morgan fingerprint density at radius 2 is 1.69 bits per heavy atom. The van der Waals surface area contributed by atoms with Crippen LogP contribution in [0, 0.1) is 17.6 Å². The SMILES string of the molecule is CC(c1ncc(C2CCN(c3c(F)cc(-c4cnc(CCCCNC(=O)C(NC(=O)C5CC5)c5ccccc5)[nH]4)cc3F)CC2)[nH]1)N(C)C. The quantitative estimate of drug-likeness (QED) is 0.126. The molecule has 1 aliphatic heterocycles. The van der Waals surface area contributed by atoms with Crippen LogP contribution in [0.3, 0.4) is 0 Å². The van der Waals surface area contributed by atoms with E-state index in [2.05, 4.69) is 42.4 Å². The van der Waals surface area contributed by atoms with Crippen LogP contribution in [0.1, 0.15) is 86.4 Å². The average Bonchev–Trinajstić information content (AvgIpc) is 3.65. The number of hydrogen-bond donors (Lipinski definition) is 4. The van der Waals surface area contributed by atoms with Gasteiger partial charge in [-0.2, -0.15) is 0 Å². The zero-order valence-electron chi connectivity index (χ0n) is 28.4. The predicted octanol–water partition coefficient (Wildman–Crippen LogP) is 5.79. The molecule has 260 valence electrons. The molecule has 2 fully saturated rings. The number of H-pyrrole nitrogens is 2. The molecule has 10 nitrogen and oxygen atoms in total. The molecule has 49 heavy (non-hydrogen) atoms. The minimum absolute atomic E-state index is 0.00542. The van der Waals surface area contributed by atoms with Gasteiger partial charge in [0.1, 0.15) is 35.0 Å². The molecule has 1 saturated heterocycles. The Labute approximate surface area is 286 Å². The lowest BCUT2D eigenvalue weighted by molar-refractivity contribution is -0.129. The number of benzene rings is 2. The first kappa shape index (κ1) is 34.3. The molecule has 0 bridgehead atoms. The number of piperidine rings is 1. The van der Waals surface area contributed by atoms with E-state index in [1.165, 1.54) is 12.1 Å². The molecule has 2 unspecified atom stereocenters. The van der Waals surface area contributed by atoms with Crippen LogP contribution in [0.25, 0.3) is 11.3 Å². The van der Waals surface area contributed by atoms with Crippen molar-refractivity contribution < 1.29 is 18.4 Å². The third kappa shape index (κ3) is 8.36. The van der Waals surface area contributed by atoms with Gasteiger partial charge in [-0.15, -0.1) is 0 Å². The second kappa shape index (κ2) is 15.3. The second-order valence-corrected chi connectivity index (χ2v) is 13.5. The molecule has 2 atom stereocenters. The molecule has 2 amide bonds. The standard InChI is InChI=1S/C37H46F2N8O2/c1-23(46(2)3)35-42-22-30(44-35)24-14-17-47(18-15-24)34-28(38)19-27(20-29(34)39)31-21-41-32(43-31)11-7-8-16-40-37(49)33(25-9-5-4-6-10-25)45-36(48)26-12-13-26/h4-6,9-10,19-24,26,33H,7-8,11-18H2,1-3H3,(H,40,49)(H,41,43)(H,42,44)(H,45,48). The molecule has 2 aromatic carbocycles. The van der Waals surface area contributed by atoms with Gasteiger partial charge in [0.15, 0.2) is 0 Å². The van der Waals surface area contributed by atoms with Crippen LogP contribution in [0.2, 0.25) is 0 Å². The van der Waals surface area contributed by atoms with Crippen LogP contribution in [0.5, 0.6) is 0 Å². The number of amides is 2. The van der Waals surface area contributed by atoms with Crippen molar-refractivity contribution in [3.05, 3.63) is 89.4 Å². The Hall–Kier alpha value is -4.58. The summed E-state index contributed by atoms with van der Waals surface area (Å²) in [5, 5.41) is 5.85. The van der Waals surface area contributed by atoms with Crippen LogP contribution in [-0.4, -0.2) is 70.4 Å². The smallest absolute Gasteiger partial charge is 0.247 e. The zero-order valence-corrected chi connectivity index (χ0v) is 28.4. The van der Waals surface area contributed by atoms with Gasteiger partial charge < -0.3 is 25.5 Å². The summed E-state index contributed by atoms with van der Waals surface area (Å²) in [4.78, 5) is 44.9. The highest BCUT2D eigenvalue weighted by Gasteiger charge is 2.33. The van der Waals surface area contributed by atoms with Gasteiger partial charge in [-0.1, -0.05) is 30.3 Å². The molecule has 3 heterocycles. The van der Waals surface area contributed by atoms with E-state index in [-0.39, 0.29) is 35.4 Å². The number of nitrogens with one attached hydrogen (secondary N) is 4. The summed E-state index contributed by atoms with van der Waals surface area (Å²) >= 11 is 0. The van der Waals surface area contributed by atoms with Crippen molar-refractivity contribution in [2.45, 2.75) is 69.9 Å². The van der Waals surface area contributed by atoms with Crippen LogP contribution < -0.4 is 15.5 Å². The highest BCUT2D eigenvalue weighted by atomic mass is 19.1. The Morgan fingerprint density at radius 3 is 2.37 bits per heavy atom. The lowest BCUT2D eigenvalue weighted by Crippen LogP contribution is -2.41. The van der Waals surface area contributed by atoms with Gasteiger partial charge in [0.2, 0.25) is 11.8 Å². The van der Waals surface area contributed by atoms with Crippen molar-refractivity contribution in [2.75, 3.05) is 38.6 Å². The summed E-state index contributed by atoms with van der Waals surface area (Å²) in [7, 11) is 4.03. The van der Waals surface area contributed by atoms with Crippen LogP contribution >= 0.6 is 0 Å². The fourth-order valence-electron chi connectivity index (χ4n) is 6.37. The van der Waals surface area contributed by atoms with Gasteiger partial charge in [-0.25, -0.2) is 18.7 Å². The number of carbonyl (C=O) groups is 2. The van der Waals surface area contributed by atoms with Crippen molar-refractivity contribution in [1.82, 2.24) is 35.5 Å². The number of carbonyl (C=O) groups excluding carboxylic acids is 2. The minimum atomic E-state index is -0.728. The number of aromatic nitrogens is 4.